The van der Waals surface area contributed by atoms with Gasteiger partial charge < -0.3 is 4.57 Å². The monoisotopic (exact) mass is 706 g/mol. The Hall–Kier alpha value is -6.95. The van der Waals surface area contributed by atoms with Gasteiger partial charge in [-0.3, -0.25) is 0 Å². The van der Waals surface area contributed by atoms with Gasteiger partial charge in [-0.1, -0.05) is 133 Å². The highest BCUT2D eigenvalue weighted by molar-refractivity contribution is 7.26. The minimum atomic E-state index is 0.685. The van der Waals surface area contributed by atoms with Crippen LogP contribution >= 0.6 is 11.3 Å². The van der Waals surface area contributed by atoms with Crippen molar-refractivity contribution in [2.75, 3.05) is 0 Å². The standard InChI is InChI=1S/C49H30N4S/c1-3-14-31(15-4-1)41-30-42(52-49(51-41)34-18-13-19-35(28-34)53-43-24-11-8-20-36(43)37-21-9-12-25-44(37)53)33-26-27-45-39(29-33)46-38-22-7-10-23-40(38)50-47(48(46)54-45)32-16-5-2-6-17-32/h1-30H. The van der Waals surface area contributed by atoms with Crippen molar-refractivity contribution in [3.05, 3.63) is 182 Å². The predicted octanol–water partition coefficient (Wildman–Crippen LogP) is 13.2. The van der Waals surface area contributed by atoms with Crippen LogP contribution in [0.3, 0.4) is 0 Å². The number of pyridine rings is 1. The van der Waals surface area contributed by atoms with Gasteiger partial charge in [0, 0.05) is 59.6 Å². The number of hydrogen-bond donors (Lipinski definition) is 0. The molecule has 0 atom stereocenters. The van der Waals surface area contributed by atoms with Crippen LogP contribution in [0.5, 0.6) is 0 Å². The van der Waals surface area contributed by atoms with E-state index in [4.69, 9.17) is 15.0 Å². The summed E-state index contributed by atoms with van der Waals surface area (Å²) in [6, 6.07) is 64.1. The summed E-state index contributed by atoms with van der Waals surface area (Å²) in [5, 5.41) is 6.07. The molecule has 7 aromatic carbocycles. The number of nitrogens with zero attached hydrogens (tertiary/aromatic N) is 4. The molecule has 0 radical (unpaired) electrons. The molecule has 0 unspecified atom stereocenters. The lowest BCUT2D eigenvalue weighted by Gasteiger charge is -2.12. The Labute approximate surface area is 315 Å². The molecule has 0 bridgehead atoms. The third-order valence-electron chi connectivity index (χ3n) is 10.4. The second-order valence-electron chi connectivity index (χ2n) is 13.6. The van der Waals surface area contributed by atoms with E-state index < -0.39 is 0 Å². The molecule has 0 aliphatic heterocycles. The van der Waals surface area contributed by atoms with Crippen LogP contribution in [-0.4, -0.2) is 19.5 Å². The molecule has 5 heteroatoms. The van der Waals surface area contributed by atoms with E-state index in [2.05, 4.69) is 180 Å². The van der Waals surface area contributed by atoms with Crippen molar-refractivity contribution in [2.24, 2.45) is 0 Å². The summed E-state index contributed by atoms with van der Waals surface area (Å²) < 4.78 is 4.76. The summed E-state index contributed by atoms with van der Waals surface area (Å²) in [6.45, 7) is 0. The van der Waals surface area contributed by atoms with Crippen LogP contribution in [0.4, 0.5) is 0 Å². The first-order chi connectivity index (χ1) is 26.8. The summed E-state index contributed by atoms with van der Waals surface area (Å²) in [7, 11) is 0. The van der Waals surface area contributed by atoms with Crippen LogP contribution in [0.25, 0.3) is 104 Å². The fraction of sp³-hybridized carbons (Fsp3) is 0. The Balaban J connectivity index is 1.12. The number of para-hydroxylation sites is 3. The second-order valence-corrected chi connectivity index (χ2v) is 14.7. The van der Waals surface area contributed by atoms with E-state index in [9.17, 15) is 0 Å². The van der Waals surface area contributed by atoms with Crippen molar-refractivity contribution in [1.29, 1.82) is 0 Å². The van der Waals surface area contributed by atoms with Gasteiger partial charge in [0.1, 0.15) is 0 Å². The molecular weight excluding hydrogens is 677 g/mol. The number of rotatable bonds is 5. The van der Waals surface area contributed by atoms with E-state index >= 15 is 0 Å². The summed E-state index contributed by atoms with van der Waals surface area (Å²) in [6.07, 6.45) is 0. The van der Waals surface area contributed by atoms with Gasteiger partial charge in [-0.25, -0.2) is 15.0 Å². The van der Waals surface area contributed by atoms with E-state index in [1.165, 1.54) is 42.0 Å². The van der Waals surface area contributed by atoms with E-state index in [1.54, 1.807) is 11.3 Å². The highest BCUT2D eigenvalue weighted by Gasteiger charge is 2.19. The Kier molecular flexibility index (Phi) is 7.00. The maximum absolute atomic E-state index is 5.32. The lowest BCUT2D eigenvalue weighted by Crippen LogP contribution is -1.98. The quantitative estimate of drug-likeness (QED) is 0.179. The van der Waals surface area contributed by atoms with E-state index in [1.807, 2.05) is 6.07 Å². The zero-order valence-electron chi connectivity index (χ0n) is 29.0. The van der Waals surface area contributed by atoms with Gasteiger partial charge in [-0.15, -0.1) is 11.3 Å². The van der Waals surface area contributed by atoms with E-state index in [0.29, 0.717) is 5.82 Å². The van der Waals surface area contributed by atoms with Crippen LogP contribution in [0.2, 0.25) is 0 Å². The van der Waals surface area contributed by atoms with Crippen molar-refractivity contribution in [3.63, 3.8) is 0 Å². The molecule has 4 aromatic heterocycles. The molecule has 252 valence electrons. The molecule has 0 N–H and O–H groups in total. The molecule has 4 nitrogen and oxygen atoms in total. The van der Waals surface area contributed by atoms with Gasteiger partial charge in [0.15, 0.2) is 5.82 Å². The highest BCUT2D eigenvalue weighted by atomic mass is 32.1. The number of benzene rings is 7. The Morgan fingerprint density at radius 3 is 1.76 bits per heavy atom. The van der Waals surface area contributed by atoms with Crippen molar-refractivity contribution in [2.45, 2.75) is 0 Å². The zero-order valence-corrected chi connectivity index (χ0v) is 29.8. The van der Waals surface area contributed by atoms with Gasteiger partial charge >= 0.3 is 0 Å². The minimum absolute atomic E-state index is 0.685. The molecule has 0 aliphatic rings. The highest BCUT2D eigenvalue weighted by Crippen LogP contribution is 2.44. The first-order valence-corrected chi connectivity index (χ1v) is 18.9. The topological polar surface area (TPSA) is 43.6 Å². The third-order valence-corrected chi connectivity index (χ3v) is 11.6. The molecule has 11 rings (SSSR count). The molecular formula is C49H30N4S. The number of thiophene rings is 1. The minimum Gasteiger partial charge on any atom is -0.309 e. The average Bonchev–Trinajstić information content (AvgIpc) is 3.80. The summed E-state index contributed by atoms with van der Waals surface area (Å²) in [4.78, 5) is 15.7. The molecule has 0 fully saturated rings. The summed E-state index contributed by atoms with van der Waals surface area (Å²) in [5.41, 5.74) is 11.4. The molecule has 0 aliphatic carbocycles. The molecule has 0 amide bonds. The summed E-state index contributed by atoms with van der Waals surface area (Å²) in [5.74, 6) is 0.685. The first-order valence-electron chi connectivity index (χ1n) is 18.1. The molecule has 0 spiro atoms. The van der Waals surface area contributed by atoms with Crippen molar-refractivity contribution in [3.8, 4) is 50.8 Å². The van der Waals surface area contributed by atoms with E-state index in [-0.39, 0.29) is 0 Å². The Morgan fingerprint density at radius 2 is 1.02 bits per heavy atom. The van der Waals surface area contributed by atoms with Crippen molar-refractivity contribution < 1.29 is 0 Å². The largest absolute Gasteiger partial charge is 0.309 e. The Bertz CT molecular complexity index is 3160. The lowest BCUT2D eigenvalue weighted by molar-refractivity contribution is 1.16. The van der Waals surface area contributed by atoms with Crippen LogP contribution in [0.15, 0.2) is 182 Å². The van der Waals surface area contributed by atoms with Gasteiger partial charge in [0.05, 0.1) is 38.3 Å². The second kappa shape index (κ2) is 12.3. The molecule has 0 saturated carbocycles. The van der Waals surface area contributed by atoms with E-state index in [0.717, 1.165) is 55.9 Å². The van der Waals surface area contributed by atoms with Gasteiger partial charge in [-0.05, 0) is 48.5 Å². The number of fused-ring (bicyclic) bond motifs is 8. The smallest absolute Gasteiger partial charge is 0.160 e. The SMILES string of the molecule is c1ccc(-c2cc(-c3ccc4sc5c(-c6ccccc6)nc6ccccc6c5c4c3)nc(-c3cccc(-n4c5ccccc5c5ccccc54)c3)n2)cc1. The zero-order chi connectivity index (χ0) is 35.6. The fourth-order valence-corrected chi connectivity index (χ4v) is 9.11. The van der Waals surface area contributed by atoms with Crippen molar-refractivity contribution in [1.82, 2.24) is 19.5 Å². The maximum Gasteiger partial charge on any atom is 0.160 e. The van der Waals surface area contributed by atoms with Gasteiger partial charge in [0.2, 0.25) is 0 Å². The average molecular weight is 707 g/mol. The lowest BCUT2D eigenvalue weighted by atomic mass is 10.0. The summed E-state index contributed by atoms with van der Waals surface area (Å²) >= 11 is 1.81. The number of hydrogen-bond acceptors (Lipinski definition) is 4. The predicted molar refractivity (Wildman–Crippen MR) is 226 cm³/mol. The Morgan fingerprint density at radius 1 is 0.407 bits per heavy atom. The first kappa shape index (κ1) is 30.7. The molecule has 54 heavy (non-hydrogen) atoms. The normalized spacial score (nSPS) is 11.7. The maximum atomic E-state index is 5.32. The molecule has 11 aromatic rings. The third kappa shape index (κ3) is 4.94. The number of aromatic nitrogens is 4. The van der Waals surface area contributed by atoms with Crippen LogP contribution in [-0.2, 0) is 0 Å². The van der Waals surface area contributed by atoms with Crippen LogP contribution in [0.1, 0.15) is 0 Å². The van der Waals surface area contributed by atoms with Crippen molar-refractivity contribution >= 4 is 64.2 Å². The molecule has 0 saturated heterocycles. The fourth-order valence-electron chi connectivity index (χ4n) is 7.90. The van der Waals surface area contributed by atoms with Gasteiger partial charge in [-0.2, -0.15) is 0 Å². The molecule has 4 heterocycles. The van der Waals surface area contributed by atoms with Crippen LogP contribution < -0.4 is 0 Å². The van der Waals surface area contributed by atoms with Crippen LogP contribution in [0, 0.1) is 0 Å². The van der Waals surface area contributed by atoms with Gasteiger partial charge in [0.25, 0.3) is 0 Å².